The van der Waals surface area contributed by atoms with Crippen LogP contribution in [-0.4, -0.2) is 44.8 Å². The molecule has 2 aromatic carbocycles. The van der Waals surface area contributed by atoms with Gasteiger partial charge in [-0.05, 0) is 23.8 Å². The van der Waals surface area contributed by atoms with Gasteiger partial charge in [0.2, 0.25) is 12.3 Å². The van der Waals surface area contributed by atoms with E-state index >= 15 is 0 Å². The molecule has 0 spiro atoms. The van der Waals surface area contributed by atoms with Gasteiger partial charge in [-0.1, -0.05) is 41.9 Å². The molecule has 10 nitrogen and oxygen atoms in total. The summed E-state index contributed by atoms with van der Waals surface area (Å²) in [4.78, 5) is 20.7. The Balaban J connectivity index is 1.65. The molecule has 0 unspecified atom stereocenters. The molecule has 4 rings (SSSR count). The number of aliphatic hydroxyl groups is 1. The normalized spacial score (nSPS) is 11.6. The first-order valence-corrected chi connectivity index (χ1v) is 10.3. The summed E-state index contributed by atoms with van der Waals surface area (Å²) in [5.74, 6) is 0.586. The second-order valence-corrected chi connectivity index (χ2v) is 7.30. The van der Waals surface area contributed by atoms with Crippen LogP contribution in [0.3, 0.4) is 0 Å². The number of carbonyl (C=O) groups excluding carboxylic acids is 1. The molecule has 2 aromatic heterocycles. The molecule has 0 aliphatic carbocycles. The lowest BCUT2D eigenvalue weighted by Crippen LogP contribution is -2.18. The second-order valence-electron chi connectivity index (χ2n) is 6.89. The number of nitrogens with one attached hydrogen (secondary N) is 3. The van der Waals surface area contributed by atoms with Gasteiger partial charge in [-0.15, -0.1) is 10.2 Å². The van der Waals surface area contributed by atoms with Crippen molar-refractivity contribution in [2.45, 2.75) is 6.04 Å². The van der Waals surface area contributed by atoms with Gasteiger partial charge in [0.25, 0.3) is 11.8 Å². The summed E-state index contributed by atoms with van der Waals surface area (Å²) in [6.07, 6.45) is 2.74. The first-order chi connectivity index (χ1) is 16.1. The summed E-state index contributed by atoms with van der Waals surface area (Å²) in [5.41, 5.74) is 2.29. The lowest BCUT2D eigenvalue weighted by atomic mass is 10.1. The third kappa shape index (κ3) is 5.08. The van der Waals surface area contributed by atoms with Crippen LogP contribution < -0.4 is 16.0 Å². The number of aromatic nitrogens is 4. The van der Waals surface area contributed by atoms with Crippen LogP contribution in [0.2, 0.25) is 5.02 Å². The van der Waals surface area contributed by atoms with E-state index in [0.29, 0.717) is 22.6 Å². The van der Waals surface area contributed by atoms with Crippen LogP contribution in [-0.2, 0) is 0 Å². The molecule has 0 aliphatic heterocycles. The van der Waals surface area contributed by atoms with E-state index < -0.39 is 6.04 Å². The number of nitrogens with zero attached hydrogens (tertiary/aromatic N) is 4. The Hall–Kier alpha value is -4.02. The number of amides is 1. The molecule has 1 atom stereocenters. The van der Waals surface area contributed by atoms with E-state index in [4.69, 9.17) is 16.0 Å². The highest BCUT2D eigenvalue weighted by Crippen LogP contribution is 2.29. The third-order valence-corrected chi connectivity index (χ3v) is 5.08. The monoisotopic (exact) mass is 465 g/mol. The molecule has 1 amide bonds. The maximum absolute atomic E-state index is 11.9. The molecule has 0 aliphatic rings. The van der Waals surface area contributed by atoms with Crippen molar-refractivity contribution < 1.29 is 14.3 Å². The predicted octanol–water partition coefficient (Wildman–Crippen LogP) is 3.43. The average molecular weight is 466 g/mol. The van der Waals surface area contributed by atoms with E-state index in [1.807, 2.05) is 30.3 Å². The number of hydrogen-bond donors (Lipinski definition) is 4. The van der Waals surface area contributed by atoms with E-state index in [2.05, 4.69) is 36.1 Å². The Bertz CT molecular complexity index is 1240. The standard InChI is InChI=1S/C22H20ClN7O3/c1-24-20(32)15-8-7-14(9-17(15)23)27-22-25-10-16(21-30-26-12-33-21)19(29-22)28-18(11-31)13-5-3-2-4-6-13/h2-10,12,18,31H,11H2,1H3,(H,24,32)(H2,25,27,28,29)/t18-/m1/s1. The van der Waals surface area contributed by atoms with Crippen molar-refractivity contribution in [3.63, 3.8) is 0 Å². The zero-order valence-electron chi connectivity index (χ0n) is 17.5. The molecule has 0 saturated heterocycles. The fourth-order valence-corrected chi connectivity index (χ4v) is 3.39. The van der Waals surface area contributed by atoms with Gasteiger partial charge in [0.1, 0.15) is 5.82 Å². The van der Waals surface area contributed by atoms with Gasteiger partial charge in [0.05, 0.1) is 28.8 Å². The Morgan fingerprint density at radius 1 is 1.21 bits per heavy atom. The van der Waals surface area contributed by atoms with Crippen molar-refractivity contribution in [1.29, 1.82) is 0 Å². The number of carbonyl (C=O) groups is 1. The second kappa shape index (κ2) is 10.1. The van der Waals surface area contributed by atoms with Crippen LogP contribution >= 0.6 is 11.6 Å². The van der Waals surface area contributed by atoms with Crippen molar-refractivity contribution in [3.8, 4) is 11.5 Å². The Labute approximate surface area is 194 Å². The van der Waals surface area contributed by atoms with E-state index in [9.17, 15) is 9.90 Å². The minimum Gasteiger partial charge on any atom is -0.423 e. The molecule has 4 aromatic rings. The summed E-state index contributed by atoms with van der Waals surface area (Å²) in [7, 11) is 1.53. The lowest BCUT2D eigenvalue weighted by molar-refractivity contribution is 0.0963. The molecular formula is C22H20ClN7O3. The summed E-state index contributed by atoms with van der Waals surface area (Å²) in [6.45, 7) is -0.170. The van der Waals surface area contributed by atoms with Crippen LogP contribution in [0, 0.1) is 0 Å². The van der Waals surface area contributed by atoms with Crippen LogP contribution in [0.25, 0.3) is 11.5 Å². The number of rotatable bonds is 8. The van der Waals surface area contributed by atoms with Crippen molar-refractivity contribution in [2.24, 2.45) is 0 Å². The van der Waals surface area contributed by atoms with Crippen molar-refractivity contribution >= 4 is 35.0 Å². The minimum absolute atomic E-state index is 0.170. The Kier molecular flexibility index (Phi) is 6.77. The van der Waals surface area contributed by atoms with Crippen molar-refractivity contribution in [2.75, 3.05) is 24.3 Å². The van der Waals surface area contributed by atoms with Crippen LogP contribution in [0.5, 0.6) is 0 Å². The van der Waals surface area contributed by atoms with E-state index in [1.165, 1.54) is 19.6 Å². The third-order valence-electron chi connectivity index (χ3n) is 4.77. The first-order valence-electron chi connectivity index (χ1n) is 9.93. The molecule has 4 N–H and O–H groups in total. The Morgan fingerprint density at radius 3 is 2.70 bits per heavy atom. The SMILES string of the molecule is CNC(=O)c1ccc(Nc2ncc(-c3nnco3)c(N[C@H](CO)c3ccccc3)n2)cc1Cl. The van der Waals surface area contributed by atoms with Crippen LogP contribution in [0.1, 0.15) is 22.0 Å². The smallest absolute Gasteiger partial charge is 0.252 e. The number of hydrogen-bond acceptors (Lipinski definition) is 9. The molecule has 11 heteroatoms. The van der Waals surface area contributed by atoms with Gasteiger partial charge in [0.15, 0.2) is 0 Å². The average Bonchev–Trinajstić information content (AvgIpc) is 3.37. The van der Waals surface area contributed by atoms with Crippen LogP contribution in [0.4, 0.5) is 17.5 Å². The summed E-state index contributed by atoms with van der Waals surface area (Å²) < 4.78 is 5.32. The quantitative estimate of drug-likeness (QED) is 0.308. The summed E-state index contributed by atoms with van der Waals surface area (Å²) >= 11 is 6.24. The van der Waals surface area contributed by atoms with Gasteiger partial charge < -0.3 is 25.5 Å². The molecule has 2 heterocycles. The lowest BCUT2D eigenvalue weighted by Gasteiger charge is -2.19. The topological polar surface area (TPSA) is 138 Å². The molecule has 33 heavy (non-hydrogen) atoms. The van der Waals surface area contributed by atoms with Gasteiger partial charge in [-0.25, -0.2) is 4.98 Å². The number of aliphatic hydroxyl groups excluding tert-OH is 1. The molecule has 168 valence electrons. The highest BCUT2D eigenvalue weighted by atomic mass is 35.5. The highest BCUT2D eigenvalue weighted by molar-refractivity contribution is 6.34. The maximum Gasteiger partial charge on any atom is 0.252 e. The number of anilines is 3. The largest absolute Gasteiger partial charge is 0.423 e. The Morgan fingerprint density at radius 2 is 2.03 bits per heavy atom. The highest BCUT2D eigenvalue weighted by Gasteiger charge is 2.19. The summed E-state index contributed by atoms with van der Waals surface area (Å²) in [5, 5.41) is 26.7. The van der Waals surface area contributed by atoms with Crippen LogP contribution in [0.15, 0.2) is 65.5 Å². The van der Waals surface area contributed by atoms with E-state index in [-0.39, 0.29) is 29.4 Å². The fraction of sp³-hybridized carbons (Fsp3) is 0.136. The van der Waals surface area contributed by atoms with E-state index in [1.54, 1.807) is 18.2 Å². The van der Waals surface area contributed by atoms with E-state index in [0.717, 1.165) is 5.56 Å². The van der Waals surface area contributed by atoms with Crippen molar-refractivity contribution in [3.05, 3.63) is 77.3 Å². The zero-order valence-corrected chi connectivity index (χ0v) is 18.2. The number of benzene rings is 2. The zero-order chi connectivity index (χ0) is 23.2. The van der Waals surface area contributed by atoms with Crippen molar-refractivity contribution in [1.82, 2.24) is 25.5 Å². The summed E-state index contributed by atoms with van der Waals surface area (Å²) in [6, 6.07) is 13.9. The molecular weight excluding hydrogens is 446 g/mol. The van der Waals surface area contributed by atoms with Gasteiger partial charge >= 0.3 is 0 Å². The molecule has 0 fully saturated rings. The maximum atomic E-state index is 11.9. The van der Waals surface area contributed by atoms with Gasteiger partial charge in [-0.3, -0.25) is 4.79 Å². The van der Waals surface area contributed by atoms with Gasteiger partial charge in [-0.2, -0.15) is 4.98 Å². The minimum atomic E-state index is -0.433. The number of halogens is 1. The predicted molar refractivity (Wildman–Crippen MR) is 123 cm³/mol. The fourth-order valence-electron chi connectivity index (χ4n) is 3.12. The molecule has 0 bridgehead atoms. The molecule has 0 radical (unpaired) electrons. The van der Waals surface area contributed by atoms with Gasteiger partial charge in [0, 0.05) is 18.9 Å². The first kappa shape index (κ1) is 22.2. The molecule has 0 saturated carbocycles.